The molecule has 2 aromatic heterocycles. The van der Waals surface area contributed by atoms with Gasteiger partial charge in [0.05, 0.1) is 5.69 Å². The molecule has 3 aromatic rings. The van der Waals surface area contributed by atoms with E-state index >= 15 is 0 Å². The fraction of sp³-hybridized carbons (Fsp3) is 0.409. The van der Waals surface area contributed by atoms with Crippen molar-refractivity contribution < 1.29 is 9.18 Å². The lowest BCUT2D eigenvalue weighted by atomic mass is 9.96. The van der Waals surface area contributed by atoms with Crippen LogP contribution in [0.4, 0.5) is 10.2 Å². The van der Waals surface area contributed by atoms with Gasteiger partial charge in [0, 0.05) is 56.0 Å². The number of rotatable bonds is 2. The molecule has 5 rings (SSSR count). The second-order valence-electron chi connectivity index (χ2n) is 7.87. The van der Waals surface area contributed by atoms with Crippen LogP contribution in [-0.4, -0.2) is 51.6 Å². The van der Waals surface area contributed by atoms with Gasteiger partial charge in [0.15, 0.2) is 5.65 Å². The van der Waals surface area contributed by atoms with Gasteiger partial charge in [0.1, 0.15) is 11.6 Å². The number of amides is 1. The van der Waals surface area contributed by atoms with Gasteiger partial charge in [0.25, 0.3) is 0 Å². The van der Waals surface area contributed by atoms with Crippen LogP contribution in [0.15, 0.2) is 30.3 Å². The second kappa shape index (κ2) is 7.13. The molecular weight excluding hydrogens is 369 g/mol. The molecule has 3 heterocycles. The zero-order valence-corrected chi connectivity index (χ0v) is 16.6. The number of hydrogen-bond acceptors (Lipinski definition) is 4. The number of fused-ring (bicyclic) bond motifs is 2. The number of hydrogen-bond donors (Lipinski definition) is 0. The summed E-state index contributed by atoms with van der Waals surface area (Å²) < 4.78 is 15.7. The fourth-order valence-electron chi connectivity index (χ4n) is 4.47. The van der Waals surface area contributed by atoms with Crippen LogP contribution in [0.2, 0.25) is 0 Å². The van der Waals surface area contributed by atoms with E-state index in [1.165, 1.54) is 17.7 Å². The van der Waals surface area contributed by atoms with Gasteiger partial charge in [-0.15, -0.1) is 0 Å². The van der Waals surface area contributed by atoms with Crippen LogP contribution in [0, 0.1) is 5.82 Å². The Balaban J connectivity index is 1.62. The van der Waals surface area contributed by atoms with Gasteiger partial charge >= 0.3 is 0 Å². The van der Waals surface area contributed by atoms with Gasteiger partial charge < -0.3 is 9.80 Å². The maximum atomic E-state index is 13.7. The highest BCUT2D eigenvalue weighted by molar-refractivity contribution is 5.74. The molecule has 0 spiro atoms. The molecule has 0 unspecified atom stereocenters. The summed E-state index contributed by atoms with van der Waals surface area (Å²) in [6.45, 7) is 4.61. The molecule has 6 nitrogen and oxygen atoms in total. The molecule has 1 aliphatic carbocycles. The Labute approximate surface area is 168 Å². The van der Waals surface area contributed by atoms with Crippen molar-refractivity contribution in [1.29, 1.82) is 0 Å². The molecule has 1 aliphatic heterocycles. The van der Waals surface area contributed by atoms with E-state index in [2.05, 4.69) is 4.90 Å². The van der Waals surface area contributed by atoms with Crippen LogP contribution in [-0.2, 0) is 17.6 Å². The van der Waals surface area contributed by atoms with Crippen LogP contribution < -0.4 is 4.90 Å². The van der Waals surface area contributed by atoms with E-state index < -0.39 is 0 Å². The third kappa shape index (κ3) is 3.24. The summed E-state index contributed by atoms with van der Waals surface area (Å²) in [5.74, 6) is 0.946. The smallest absolute Gasteiger partial charge is 0.219 e. The van der Waals surface area contributed by atoms with Gasteiger partial charge in [-0.1, -0.05) is 12.1 Å². The number of carbonyl (C=O) groups excluding carboxylic acids is 1. The summed E-state index contributed by atoms with van der Waals surface area (Å²) >= 11 is 0. The summed E-state index contributed by atoms with van der Waals surface area (Å²) in [4.78, 5) is 20.8. The minimum absolute atomic E-state index is 0.124. The van der Waals surface area contributed by atoms with E-state index in [1.54, 1.807) is 13.0 Å². The van der Waals surface area contributed by atoms with E-state index in [9.17, 15) is 9.18 Å². The molecular formula is C22H24FN5O. The largest absolute Gasteiger partial charge is 0.353 e. The minimum atomic E-state index is -0.271. The number of aryl methyl sites for hydroxylation is 1. The molecule has 1 saturated heterocycles. The molecule has 0 bridgehead atoms. The summed E-state index contributed by atoms with van der Waals surface area (Å²) in [5.41, 5.74) is 4.70. The highest BCUT2D eigenvalue weighted by atomic mass is 19.1. The molecule has 1 fully saturated rings. The summed E-state index contributed by atoms with van der Waals surface area (Å²) in [6.07, 6.45) is 4.28. The normalized spacial score (nSPS) is 16.9. The maximum absolute atomic E-state index is 13.7. The third-order valence-corrected chi connectivity index (χ3v) is 5.99. The van der Waals surface area contributed by atoms with Crippen LogP contribution >= 0.6 is 0 Å². The van der Waals surface area contributed by atoms with E-state index in [0.29, 0.717) is 13.1 Å². The Morgan fingerprint density at radius 3 is 2.62 bits per heavy atom. The standard InChI is InChI=1S/C22H24FN5O/c1-15(29)26-9-11-27(12-10-26)22-18-7-2-3-8-19(18)24-21-14-20(25-28(21)22)16-5-4-6-17(23)13-16/h4-6,13-14H,2-3,7-12H2,1H3. The molecule has 0 saturated carbocycles. The monoisotopic (exact) mass is 393 g/mol. The van der Waals surface area contributed by atoms with Gasteiger partial charge in [-0.05, 0) is 37.8 Å². The van der Waals surface area contributed by atoms with Crippen molar-refractivity contribution in [3.05, 3.63) is 47.4 Å². The average Bonchev–Trinajstić information content (AvgIpc) is 3.15. The van der Waals surface area contributed by atoms with Crippen molar-refractivity contribution in [2.24, 2.45) is 0 Å². The van der Waals surface area contributed by atoms with E-state index in [-0.39, 0.29) is 11.7 Å². The highest BCUT2D eigenvalue weighted by Gasteiger charge is 2.27. The number of aromatic nitrogens is 3. The third-order valence-electron chi connectivity index (χ3n) is 5.99. The van der Waals surface area contributed by atoms with Gasteiger partial charge in [-0.2, -0.15) is 9.61 Å². The molecule has 0 atom stereocenters. The minimum Gasteiger partial charge on any atom is -0.353 e. The van der Waals surface area contributed by atoms with Crippen LogP contribution in [0.5, 0.6) is 0 Å². The molecule has 29 heavy (non-hydrogen) atoms. The summed E-state index contributed by atoms with van der Waals surface area (Å²) in [6, 6.07) is 8.47. The Morgan fingerprint density at radius 2 is 1.86 bits per heavy atom. The first kappa shape index (κ1) is 18.1. The SMILES string of the molecule is CC(=O)N1CCN(c2c3c(nc4cc(-c5cccc(F)c5)nn24)CCCC3)CC1. The topological polar surface area (TPSA) is 53.7 Å². The van der Waals surface area contributed by atoms with E-state index in [4.69, 9.17) is 10.1 Å². The molecule has 0 N–H and O–H groups in total. The van der Waals surface area contributed by atoms with Gasteiger partial charge in [0.2, 0.25) is 5.91 Å². The van der Waals surface area contributed by atoms with Crippen molar-refractivity contribution in [2.45, 2.75) is 32.6 Å². The molecule has 7 heteroatoms. The molecule has 0 radical (unpaired) electrons. The first-order chi connectivity index (χ1) is 14.1. The lowest BCUT2D eigenvalue weighted by Gasteiger charge is -2.37. The summed E-state index contributed by atoms with van der Waals surface area (Å²) in [7, 11) is 0. The van der Waals surface area contributed by atoms with Crippen molar-refractivity contribution in [3.8, 4) is 11.3 Å². The highest BCUT2D eigenvalue weighted by Crippen LogP contribution is 2.32. The molecule has 150 valence electrons. The Morgan fingerprint density at radius 1 is 1.07 bits per heavy atom. The first-order valence-corrected chi connectivity index (χ1v) is 10.3. The number of carbonyl (C=O) groups is 1. The molecule has 1 amide bonds. The van der Waals surface area contributed by atoms with Gasteiger partial charge in [-0.3, -0.25) is 4.79 Å². The van der Waals surface area contributed by atoms with Crippen LogP contribution in [0.25, 0.3) is 16.9 Å². The van der Waals surface area contributed by atoms with Crippen LogP contribution in [0.3, 0.4) is 0 Å². The van der Waals surface area contributed by atoms with E-state index in [0.717, 1.165) is 67.2 Å². The fourth-order valence-corrected chi connectivity index (χ4v) is 4.47. The van der Waals surface area contributed by atoms with Crippen molar-refractivity contribution in [2.75, 3.05) is 31.1 Å². The quantitative estimate of drug-likeness (QED) is 0.672. The number of piperazine rings is 1. The number of halogens is 1. The summed E-state index contributed by atoms with van der Waals surface area (Å²) in [5, 5.41) is 4.83. The molecule has 2 aliphatic rings. The maximum Gasteiger partial charge on any atom is 0.219 e. The van der Waals surface area contributed by atoms with Gasteiger partial charge in [-0.25, -0.2) is 9.37 Å². The van der Waals surface area contributed by atoms with Crippen molar-refractivity contribution in [1.82, 2.24) is 19.5 Å². The second-order valence-corrected chi connectivity index (χ2v) is 7.87. The zero-order chi connectivity index (χ0) is 20.0. The number of nitrogens with zero attached hydrogens (tertiary/aromatic N) is 5. The Bertz CT molecular complexity index is 1080. The average molecular weight is 393 g/mol. The molecule has 1 aromatic carbocycles. The van der Waals surface area contributed by atoms with Crippen molar-refractivity contribution >= 4 is 17.4 Å². The first-order valence-electron chi connectivity index (χ1n) is 10.3. The van der Waals surface area contributed by atoms with Crippen LogP contribution in [0.1, 0.15) is 31.0 Å². The number of anilines is 1. The predicted octanol–water partition coefficient (Wildman–Crippen LogP) is 3.08. The van der Waals surface area contributed by atoms with E-state index in [1.807, 2.05) is 21.5 Å². The predicted molar refractivity (Wildman–Crippen MR) is 109 cm³/mol. The lowest BCUT2D eigenvalue weighted by Crippen LogP contribution is -2.49. The van der Waals surface area contributed by atoms with Crippen molar-refractivity contribution in [3.63, 3.8) is 0 Å². The zero-order valence-electron chi connectivity index (χ0n) is 16.6. The Kier molecular flexibility index (Phi) is 4.45. The number of benzene rings is 1. The lowest BCUT2D eigenvalue weighted by molar-refractivity contribution is -0.129. The Hall–Kier alpha value is -2.96.